The number of aryl methyl sites for hydroxylation is 1. The molecule has 1 aromatic heterocycles. The molecule has 0 aliphatic rings. The molecule has 144 valence electrons. The lowest BCUT2D eigenvalue weighted by Gasteiger charge is -2.13. The normalized spacial score (nSPS) is 10.3. The van der Waals surface area contributed by atoms with Crippen LogP contribution in [0.4, 0.5) is 17.1 Å². The number of methoxy groups -OCH3 is 2. The Morgan fingerprint density at radius 3 is 2.54 bits per heavy atom. The zero-order chi connectivity index (χ0) is 20.1. The fourth-order valence-electron chi connectivity index (χ4n) is 2.78. The predicted octanol–water partition coefficient (Wildman–Crippen LogP) is 4.71. The summed E-state index contributed by atoms with van der Waals surface area (Å²) in [6.45, 7) is 4.11. The number of hydrogen-bond acceptors (Lipinski definition) is 5. The number of hydrogen-bond donors (Lipinski definition) is 2. The molecule has 28 heavy (non-hydrogen) atoms. The van der Waals surface area contributed by atoms with Crippen LogP contribution >= 0.6 is 0 Å². The van der Waals surface area contributed by atoms with Gasteiger partial charge in [0.2, 0.25) is 0 Å². The van der Waals surface area contributed by atoms with Gasteiger partial charge in [0, 0.05) is 18.0 Å². The molecule has 1 heterocycles. The van der Waals surface area contributed by atoms with Crippen molar-refractivity contribution in [3.63, 3.8) is 0 Å². The van der Waals surface area contributed by atoms with Crippen LogP contribution in [-0.4, -0.2) is 25.1 Å². The van der Waals surface area contributed by atoms with E-state index in [1.807, 2.05) is 12.1 Å². The summed E-state index contributed by atoms with van der Waals surface area (Å²) in [6, 6.07) is 13.0. The van der Waals surface area contributed by atoms with Crippen molar-refractivity contribution in [3.05, 3.63) is 71.5 Å². The molecule has 0 aliphatic heterocycles. The second-order valence-corrected chi connectivity index (χ2v) is 6.36. The van der Waals surface area contributed by atoms with Crippen LogP contribution in [0, 0.1) is 13.8 Å². The maximum absolute atomic E-state index is 12.7. The van der Waals surface area contributed by atoms with Crippen LogP contribution in [0.3, 0.4) is 0 Å². The molecule has 1 amide bonds. The molecule has 0 spiro atoms. The maximum Gasteiger partial charge on any atom is 0.257 e. The second kappa shape index (κ2) is 8.43. The fourth-order valence-corrected chi connectivity index (χ4v) is 2.78. The molecule has 6 heteroatoms. The number of anilines is 3. The Bertz CT molecular complexity index is 1000. The van der Waals surface area contributed by atoms with E-state index in [4.69, 9.17) is 9.47 Å². The van der Waals surface area contributed by atoms with Crippen LogP contribution in [-0.2, 0) is 0 Å². The lowest BCUT2D eigenvalue weighted by atomic mass is 10.1. The third-order valence-electron chi connectivity index (χ3n) is 4.54. The Labute approximate surface area is 164 Å². The molecule has 0 saturated carbocycles. The lowest BCUT2D eigenvalue weighted by molar-refractivity contribution is 0.102. The summed E-state index contributed by atoms with van der Waals surface area (Å²) in [6.07, 6.45) is 3.21. The second-order valence-electron chi connectivity index (χ2n) is 6.36. The molecule has 6 nitrogen and oxygen atoms in total. The van der Waals surface area contributed by atoms with Crippen molar-refractivity contribution in [3.8, 4) is 11.5 Å². The van der Waals surface area contributed by atoms with Crippen LogP contribution in [0.2, 0.25) is 0 Å². The summed E-state index contributed by atoms with van der Waals surface area (Å²) in [5.74, 6) is 0.884. The van der Waals surface area contributed by atoms with E-state index in [0.29, 0.717) is 22.7 Å². The fraction of sp³-hybridized carbons (Fsp3) is 0.182. The zero-order valence-electron chi connectivity index (χ0n) is 16.4. The van der Waals surface area contributed by atoms with Crippen molar-refractivity contribution < 1.29 is 14.3 Å². The Morgan fingerprint density at radius 1 is 0.964 bits per heavy atom. The highest BCUT2D eigenvalue weighted by atomic mass is 16.5. The molecule has 2 N–H and O–H groups in total. The minimum atomic E-state index is -0.288. The van der Waals surface area contributed by atoms with E-state index in [0.717, 1.165) is 16.9 Å². The highest BCUT2D eigenvalue weighted by molar-refractivity contribution is 6.05. The van der Waals surface area contributed by atoms with Gasteiger partial charge in [-0.05, 0) is 49.2 Å². The molecule has 0 saturated heterocycles. The van der Waals surface area contributed by atoms with Gasteiger partial charge in [-0.15, -0.1) is 0 Å². The molecular formula is C22H23N3O3. The third-order valence-corrected chi connectivity index (χ3v) is 4.54. The number of ether oxygens (including phenoxy) is 2. The Kier molecular flexibility index (Phi) is 5.79. The molecule has 0 radical (unpaired) electrons. The molecule has 0 fully saturated rings. The number of amides is 1. The van der Waals surface area contributed by atoms with Gasteiger partial charge in [0.25, 0.3) is 5.91 Å². The van der Waals surface area contributed by atoms with Gasteiger partial charge in [0.05, 0.1) is 37.4 Å². The molecule has 0 aliphatic carbocycles. The number of nitrogens with zero attached hydrogens (tertiary/aromatic N) is 1. The summed E-state index contributed by atoms with van der Waals surface area (Å²) in [7, 11) is 3.12. The zero-order valence-corrected chi connectivity index (χ0v) is 16.4. The number of carbonyl (C=O) groups excluding carboxylic acids is 1. The summed E-state index contributed by atoms with van der Waals surface area (Å²) >= 11 is 0. The van der Waals surface area contributed by atoms with Crippen LogP contribution in [0.15, 0.2) is 54.9 Å². The summed E-state index contributed by atoms with van der Waals surface area (Å²) < 4.78 is 10.5. The quantitative estimate of drug-likeness (QED) is 0.651. The molecule has 0 atom stereocenters. The van der Waals surface area contributed by atoms with Crippen LogP contribution in [0.1, 0.15) is 21.5 Å². The van der Waals surface area contributed by atoms with Crippen molar-refractivity contribution in [2.45, 2.75) is 13.8 Å². The highest BCUT2D eigenvalue weighted by Crippen LogP contribution is 2.29. The summed E-state index contributed by atoms with van der Waals surface area (Å²) in [5.41, 5.74) is 5.02. The number of pyridine rings is 1. The number of rotatable bonds is 6. The van der Waals surface area contributed by atoms with Gasteiger partial charge in [-0.2, -0.15) is 0 Å². The number of nitrogens with one attached hydrogen (secondary N) is 2. The van der Waals surface area contributed by atoms with Crippen molar-refractivity contribution in [2.24, 2.45) is 0 Å². The maximum atomic E-state index is 12.7. The largest absolute Gasteiger partial charge is 0.497 e. The van der Waals surface area contributed by atoms with Crippen LogP contribution in [0.5, 0.6) is 11.5 Å². The molecule has 3 rings (SSSR count). The van der Waals surface area contributed by atoms with E-state index in [2.05, 4.69) is 35.5 Å². The minimum Gasteiger partial charge on any atom is -0.497 e. The smallest absolute Gasteiger partial charge is 0.257 e. The van der Waals surface area contributed by atoms with E-state index in [-0.39, 0.29) is 5.91 Å². The van der Waals surface area contributed by atoms with Gasteiger partial charge in [0.1, 0.15) is 11.5 Å². The molecule has 2 aromatic carbocycles. The number of benzene rings is 2. The average molecular weight is 377 g/mol. The SMILES string of the molecule is COc1ccc(OC)c(NC(=O)c2cncc(Nc3cccc(C)c3C)c2)c1. The van der Waals surface area contributed by atoms with E-state index < -0.39 is 0 Å². The van der Waals surface area contributed by atoms with Gasteiger partial charge >= 0.3 is 0 Å². The van der Waals surface area contributed by atoms with Crippen LogP contribution < -0.4 is 20.1 Å². The molecule has 3 aromatic rings. The molecular weight excluding hydrogens is 354 g/mol. The lowest BCUT2D eigenvalue weighted by Crippen LogP contribution is -2.13. The minimum absolute atomic E-state index is 0.288. The van der Waals surface area contributed by atoms with Crippen molar-refractivity contribution >= 4 is 23.0 Å². The van der Waals surface area contributed by atoms with Crippen LogP contribution in [0.25, 0.3) is 0 Å². The van der Waals surface area contributed by atoms with Gasteiger partial charge in [-0.1, -0.05) is 12.1 Å². The van der Waals surface area contributed by atoms with E-state index in [1.54, 1.807) is 44.7 Å². The van der Waals surface area contributed by atoms with Gasteiger partial charge in [-0.25, -0.2) is 0 Å². The number of carbonyl (C=O) groups is 1. The molecule has 0 bridgehead atoms. The van der Waals surface area contributed by atoms with Crippen molar-refractivity contribution in [2.75, 3.05) is 24.9 Å². The first kappa shape index (κ1) is 19.2. The van der Waals surface area contributed by atoms with E-state index >= 15 is 0 Å². The Balaban J connectivity index is 1.82. The van der Waals surface area contributed by atoms with E-state index in [9.17, 15) is 4.79 Å². The Morgan fingerprint density at radius 2 is 1.79 bits per heavy atom. The first-order valence-corrected chi connectivity index (χ1v) is 8.83. The first-order valence-electron chi connectivity index (χ1n) is 8.83. The van der Waals surface area contributed by atoms with Gasteiger partial charge < -0.3 is 20.1 Å². The Hall–Kier alpha value is -3.54. The monoisotopic (exact) mass is 377 g/mol. The third kappa shape index (κ3) is 4.23. The predicted molar refractivity (Wildman–Crippen MR) is 111 cm³/mol. The van der Waals surface area contributed by atoms with Crippen molar-refractivity contribution in [1.29, 1.82) is 0 Å². The number of aromatic nitrogens is 1. The van der Waals surface area contributed by atoms with Gasteiger partial charge in [0.15, 0.2) is 0 Å². The average Bonchev–Trinajstić information content (AvgIpc) is 2.71. The summed E-state index contributed by atoms with van der Waals surface area (Å²) in [5, 5.41) is 6.18. The van der Waals surface area contributed by atoms with Crippen molar-refractivity contribution in [1.82, 2.24) is 4.98 Å². The van der Waals surface area contributed by atoms with Gasteiger partial charge in [-0.3, -0.25) is 9.78 Å². The first-order chi connectivity index (χ1) is 13.5. The molecule has 0 unspecified atom stereocenters. The summed E-state index contributed by atoms with van der Waals surface area (Å²) in [4.78, 5) is 16.9. The standard InChI is InChI=1S/C22H23N3O3/c1-14-6-5-7-19(15(14)2)24-17-10-16(12-23-13-17)22(26)25-20-11-18(27-3)8-9-21(20)28-4/h5-13,24H,1-4H3,(H,25,26). The highest BCUT2D eigenvalue weighted by Gasteiger charge is 2.12. The van der Waals surface area contributed by atoms with E-state index in [1.165, 1.54) is 11.8 Å². The topological polar surface area (TPSA) is 72.5 Å².